The maximum atomic E-state index is 13.7. The third-order valence-corrected chi connectivity index (χ3v) is 3.33. The summed E-state index contributed by atoms with van der Waals surface area (Å²) in [7, 11) is 0. The van der Waals surface area contributed by atoms with Gasteiger partial charge in [-0.1, -0.05) is 36.3 Å². The number of urea groups is 1. The Morgan fingerprint density at radius 1 is 1.21 bits per heavy atom. The molecule has 0 aromatic heterocycles. The molecule has 0 bridgehead atoms. The first-order valence-electron chi connectivity index (χ1n) is 7.24. The van der Waals surface area contributed by atoms with Gasteiger partial charge in [-0.25, -0.2) is 13.6 Å². The van der Waals surface area contributed by atoms with Crippen LogP contribution in [-0.4, -0.2) is 17.7 Å². The number of carbonyl (C=O) groups is 1. The molecule has 2 aromatic carbocycles. The molecule has 2 amide bonds. The monoisotopic (exact) mass is 330 g/mol. The predicted molar refractivity (Wildman–Crippen MR) is 87.3 cm³/mol. The quantitative estimate of drug-likeness (QED) is 0.737. The van der Waals surface area contributed by atoms with E-state index < -0.39 is 29.5 Å². The lowest BCUT2D eigenvalue weighted by Gasteiger charge is -2.13. The predicted octanol–water partition coefficient (Wildman–Crippen LogP) is 3.19. The Bertz CT molecular complexity index is 734. The molecule has 0 aliphatic rings. The smallest absolute Gasteiger partial charge is 0.319 e. The first kappa shape index (κ1) is 17.4. The summed E-state index contributed by atoms with van der Waals surface area (Å²) in [4.78, 5) is 11.7. The number of aliphatic hydroxyl groups is 1. The third-order valence-electron chi connectivity index (χ3n) is 3.33. The molecule has 3 N–H and O–H groups in total. The maximum absolute atomic E-state index is 13.7. The van der Waals surface area contributed by atoms with Crippen LogP contribution in [0.2, 0.25) is 0 Å². The summed E-state index contributed by atoms with van der Waals surface area (Å²) in [6.45, 7) is 0.133. The van der Waals surface area contributed by atoms with Crippen LogP contribution >= 0.6 is 0 Å². The zero-order valence-electron chi connectivity index (χ0n) is 12.7. The van der Waals surface area contributed by atoms with Crippen molar-refractivity contribution < 1.29 is 18.7 Å². The SMILES string of the molecule is C#Cc1cc(F)c(NC(=O)NCCC(O)c2ccccc2)c(F)c1. The van der Waals surface area contributed by atoms with Crippen LogP contribution in [0.5, 0.6) is 0 Å². The Morgan fingerprint density at radius 3 is 2.42 bits per heavy atom. The molecular weight excluding hydrogens is 314 g/mol. The highest BCUT2D eigenvalue weighted by atomic mass is 19.1. The highest BCUT2D eigenvalue weighted by molar-refractivity contribution is 5.89. The lowest BCUT2D eigenvalue weighted by molar-refractivity contribution is 0.167. The Labute approximate surface area is 138 Å². The number of carbonyl (C=O) groups excluding carboxylic acids is 1. The van der Waals surface area contributed by atoms with Crippen molar-refractivity contribution in [3.8, 4) is 12.3 Å². The summed E-state index contributed by atoms with van der Waals surface area (Å²) in [5.41, 5.74) is 0.193. The van der Waals surface area contributed by atoms with E-state index in [1.165, 1.54) is 0 Å². The molecule has 0 radical (unpaired) electrons. The summed E-state index contributed by atoms with van der Waals surface area (Å²) in [5, 5.41) is 14.5. The Balaban J connectivity index is 1.87. The Morgan fingerprint density at radius 2 is 1.83 bits per heavy atom. The van der Waals surface area contributed by atoms with Crippen molar-refractivity contribution in [1.82, 2.24) is 5.32 Å². The number of terminal acetylenes is 1. The third kappa shape index (κ3) is 4.54. The normalized spacial score (nSPS) is 11.4. The van der Waals surface area contributed by atoms with Crippen LogP contribution in [0.1, 0.15) is 23.7 Å². The van der Waals surface area contributed by atoms with Gasteiger partial charge in [-0.3, -0.25) is 0 Å². The number of amides is 2. The summed E-state index contributed by atoms with van der Waals surface area (Å²) in [5.74, 6) is 0.203. The van der Waals surface area contributed by atoms with Crippen LogP contribution < -0.4 is 10.6 Å². The molecule has 0 aliphatic carbocycles. The molecule has 4 nitrogen and oxygen atoms in total. The van der Waals surface area contributed by atoms with Gasteiger partial charge in [0.2, 0.25) is 0 Å². The van der Waals surface area contributed by atoms with Crippen molar-refractivity contribution in [1.29, 1.82) is 0 Å². The Kier molecular flexibility index (Phi) is 5.88. The summed E-state index contributed by atoms with van der Waals surface area (Å²) in [6.07, 6.45) is 4.60. The number of halogens is 2. The molecule has 1 unspecified atom stereocenters. The number of rotatable bonds is 5. The molecule has 0 heterocycles. The second kappa shape index (κ2) is 8.09. The van der Waals surface area contributed by atoms with Gasteiger partial charge in [-0.2, -0.15) is 0 Å². The van der Waals surface area contributed by atoms with E-state index in [1.807, 2.05) is 6.07 Å². The molecule has 0 fully saturated rings. The zero-order chi connectivity index (χ0) is 17.5. The molecule has 124 valence electrons. The number of benzene rings is 2. The molecule has 0 saturated heterocycles. The van der Waals surface area contributed by atoms with E-state index in [-0.39, 0.29) is 18.5 Å². The minimum Gasteiger partial charge on any atom is -0.388 e. The summed E-state index contributed by atoms with van der Waals surface area (Å²) in [6, 6.07) is 10.1. The fraction of sp³-hybridized carbons (Fsp3) is 0.167. The van der Waals surface area contributed by atoms with Crippen molar-refractivity contribution in [3.05, 3.63) is 65.2 Å². The van der Waals surface area contributed by atoms with Gasteiger partial charge in [0, 0.05) is 12.1 Å². The molecule has 2 rings (SSSR count). The van der Waals surface area contributed by atoms with E-state index in [4.69, 9.17) is 6.42 Å². The molecule has 0 spiro atoms. The Hall–Kier alpha value is -2.91. The molecule has 1 atom stereocenters. The first-order chi connectivity index (χ1) is 11.5. The molecule has 6 heteroatoms. The average molecular weight is 330 g/mol. The minimum atomic E-state index is -0.956. The van der Waals surface area contributed by atoms with Crippen LogP contribution in [0.15, 0.2) is 42.5 Å². The van der Waals surface area contributed by atoms with E-state index >= 15 is 0 Å². The van der Waals surface area contributed by atoms with Gasteiger partial charge in [0.15, 0.2) is 11.6 Å². The lowest BCUT2D eigenvalue weighted by Crippen LogP contribution is -2.31. The second-order valence-corrected chi connectivity index (χ2v) is 5.06. The highest BCUT2D eigenvalue weighted by Gasteiger charge is 2.14. The van der Waals surface area contributed by atoms with Gasteiger partial charge in [0.05, 0.1) is 6.10 Å². The molecule has 0 aliphatic heterocycles. The van der Waals surface area contributed by atoms with Gasteiger partial charge < -0.3 is 15.7 Å². The van der Waals surface area contributed by atoms with Gasteiger partial charge in [-0.05, 0) is 24.1 Å². The van der Waals surface area contributed by atoms with Crippen LogP contribution in [0.25, 0.3) is 0 Å². The zero-order valence-corrected chi connectivity index (χ0v) is 12.7. The maximum Gasteiger partial charge on any atom is 0.319 e. The average Bonchev–Trinajstić information content (AvgIpc) is 2.58. The summed E-state index contributed by atoms with van der Waals surface area (Å²) >= 11 is 0. The number of nitrogens with one attached hydrogen (secondary N) is 2. The van der Waals surface area contributed by atoms with Crippen molar-refractivity contribution in [2.45, 2.75) is 12.5 Å². The van der Waals surface area contributed by atoms with Gasteiger partial charge in [-0.15, -0.1) is 6.42 Å². The standard InChI is InChI=1S/C18H16F2N2O2/c1-2-12-10-14(19)17(15(20)11-12)22-18(24)21-9-8-16(23)13-6-4-3-5-7-13/h1,3-7,10-11,16,23H,8-9H2,(H2,21,22,24). The van der Waals surface area contributed by atoms with Gasteiger partial charge >= 0.3 is 6.03 Å². The number of anilines is 1. The highest BCUT2D eigenvalue weighted by Crippen LogP contribution is 2.20. The van der Waals surface area contributed by atoms with Crippen molar-refractivity contribution in [2.24, 2.45) is 0 Å². The number of hydrogen-bond donors (Lipinski definition) is 3. The van der Waals surface area contributed by atoms with Gasteiger partial charge in [0.1, 0.15) is 5.69 Å². The second-order valence-electron chi connectivity index (χ2n) is 5.06. The van der Waals surface area contributed by atoms with Crippen molar-refractivity contribution >= 4 is 11.7 Å². The summed E-state index contributed by atoms with van der Waals surface area (Å²) < 4.78 is 27.4. The molecule has 0 saturated carbocycles. The molecule has 24 heavy (non-hydrogen) atoms. The van der Waals surface area contributed by atoms with Crippen LogP contribution in [0.4, 0.5) is 19.3 Å². The van der Waals surface area contributed by atoms with E-state index in [1.54, 1.807) is 24.3 Å². The van der Waals surface area contributed by atoms with Crippen LogP contribution in [-0.2, 0) is 0 Å². The van der Waals surface area contributed by atoms with E-state index in [9.17, 15) is 18.7 Å². The van der Waals surface area contributed by atoms with E-state index in [0.29, 0.717) is 0 Å². The van der Waals surface area contributed by atoms with Gasteiger partial charge in [0.25, 0.3) is 0 Å². The van der Waals surface area contributed by atoms with Crippen LogP contribution in [0, 0.1) is 24.0 Å². The number of hydrogen-bond acceptors (Lipinski definition) is 2. The molecular formula is C18H16F2N2O2. The largest absolute Gasteiger partial charge is 0.388 e. The lowest BCUT2D eigenvalue weighted by atomic mass is 10.1. The fourth-order valence-corrected chi connectivity index (χ4v) is 2.10. The van der Waals surface area contributed by atoms with Crippen molar-refractivity contribution in [3.63, 3.8) is 0 Å². The fourth-order valence-electron chi connectivity index (χ4n) is 2.10. The minimum absolute atomic E-state index is 0.0435. The van der Waals surface area contributed by atoms with E-state index in [0.717, 1.165) is 17.7 Å². The molecule has 2 aromatic rings. The number of aliphatic hydroxyl groups excluding tert-OH is 1. The van der Waals surface area contributed by atoms with Crippen LogP contribution in [0.3, 0.4) is 0 Å². The van der Waals surface area contributed by atoms with Crippen molar-refractivity contribution in [2.75, 3.05) is 11.9 Å². The van der Waals surface area contributed by atoms with E-state index in [2.05, 4.69) is 16.6 Å². The topological polar surface area (TPSA) is 61.4 Å². The first-order valence-corrected chi connectivity index (χ1v) is 7.24.